The van der Waals surface area contributed by atoms with Gasteiger partial charge in [0, 0.05) is 23.6 Å². The lowest BCUT2D eigenvalue weighted by atomic mass is 9.93. The Labute approximate surface area is 123 Å². The molecule has 21 heavy (non-hydrogen) atoms. The summed E-state index contributed by atoms with van der Waals surface area (Å²) in [5.41, 5.74) is 1.92. The van der Waals surface area contributed by atoms with Gasteiger partial charge in [0.1, 0.15) is 0 Å². The second kappa shape index (κ2) is 5.26. The van der Waals surface area contributed by atoms with E-state index in [1.165, 1.54) is 0 Å². The molecule has 2 aliphatic heterocycles. The number of hydrogen-bond acceptors (Lipinski definition) is 4. The van der Waals surface area contributed by atoms with Gasteiger partial charge in [0.2, 0.25) is 0 Å². The first-order valence-corrected chi connectivity index (χ1v) is 8.94. The molecule has 5 nitrogen and oxygen atoms in total. The molecule has 0 spiro atoms. The third-order valence-corrected chi connectivity index (χ3v) is 5.92. The van der Waals surface area contributed by atoms with Crippen LogP contribution in [0.15, 0.2) is 18.2 Å². The molecule has 1 aromatic carbocycles. The van der Waals surface area contributed by atoms with Gasteiger partial charge in [-0.3, -0.25) is 9.59 Å². The Bertz CT molecular complexity index is 708. The Hall–Kier alpha value is -1.69. The first-order chi connectivity index (χ1) is 9.96. The smallest absolute Gasteiger partial charge is 0.251 e. The Kier molecular flexibility index (Phi) is 3.57. The minimum atomic E-state index is -3.08. The van der Waals surface area contributed by atoms with Crippen LogP contribution in [0.4, 0.5) is 0 Å². The molecule has 0 aliphatic carbocycles. The van der Waals surface area contributed by atoms with E-state index >= 15 is 0 Å². The van der Waals surface area contributed by atoms with Crippen molar-refractivity contribution in [2.45, 2.75) is 19.3 Å². The monoisotopic (exact) mass is 307 g/mol. The molecule has 0 radical (unpaired) electrons. The van der Waals surface area contributed by atoms with E-state index < -0.39 is 15.8 Å². The normalized spacial score (nSPS) is 24.0. The summed E-state index contributed by atoms with van der Waals surface area (Å²) in [6, 6.07) is 5.14. The van der Waals surface area contributed by atoms with Crippen molar-refractivity contribution in [2.24, 2.45) is 5.92 Å². The van der Waals surface area contributed by atoms with Crippen LogP contribution in [-0.2, 0) is 16.3 Å². The fourth-order valence-electron chi connectivity index (χ4n) is 2.97. The number of sulfone groups is 1. The predicted molar refractivity (Wildman–Crippen MR) is 78.2 cm³/mol. The molecule has 0 aromatic heterocycles. The lowest BCUT2D eigenvalue weighted by Crippen LogP contribution is -2.23. The van der Waals surface area contributed by atoms with Crippen LogP contribution < -0.4 is 5.32 Å². The van der Waals surface area contributed by atoms with Gasteiger partial charge < -0.3 is 5.32 Å². The van der Waals surface area contributed by atoms with Crippen LogP contribution in [0.2, 0.25) is 0 Å². The molecule has 0 saturated carbocycles. The molecule has 1 atom stereocenters. The average Bonchev–Trinajstić information content (AvgIpc) is 2.72. The number of hydrogen-bond donors (Lipinski definition) is 1. The second-order valence-corrected chi connectivity index (χ2v) is 7.92. The number of carbonyl (C=O) groups excluding carboxylic acids is 2. The van der Waals surface area contributed by atoms with Gasteiger partial charge in [-0.1, -0.05) is 12.1 Å². The standard InChI is InChI=1S/C15H17NO4S/c17-14(12-5-7-21(19,20)9-12)11-4-3-10-2-1-6-16-15(18)13(10)8-11/h3-4,8,12H,1-2,5-7,9H2,(H,16,18). The number of carbonyl (C=O) groups is 2. The lowest BCUT2D eigenvalue weighted by Gasteiger charge is -2.10. The van der Waals surface area contributed by atoms with E-state index in [9.17, 15) is 18.0 Å². The van der Waals surface area contributed by atoms with Gasteiger partial charge in [0.15, 0.2) is 15.6 Å². The van der Waals surface area contributed by atoms with Crippen LogP contribution in [-0.4, -0.2) is 38.2 Å². The van der Waals surface area contributed by atoms with Crippen LogP contribution >= 0.6 is 0 Å². The first-order valence-electron chi connectivity index (χ1n) is 7.12. The first kappa shape index (κ1) is 14.3. The molecule has 3 rings (SSSR count). The number of nitrogens with one attached hydrogen (secondary N) is 1. The van der Waals surface area contributed by atoms with Crippen molar-refractivity contribution in [1.82, 2.24) is 5.32 Å². The maximum atomic E-state index is 12.4. The highest BCUT2D eigenvalue weighted by Crippen LogP contribution is 2.24. The zero-order valence-corrected chi connectivity index (χ0v) is 12.4. The average molecular weight is 307 g/mol. The maximum Gasteiger partial charge on any atom is 0.251 e. The van der Waals surface area contributed by atoms with E-state index in [1.807, 2.05) is 6.07 Å². The summed E-state index contributed by atoms with van der Waals surface area (Å²) in [6.45, 7) is 0.637. The molecule has 1 saturated heterocycles. The molecule has 112 valence electrons. The van der Waals surface area contributed by atoms with Crippen molar-refractivity contribution >= 4 is 21.5 Å². The molecular formula is C15H17NO4S. The summed E-state index contributed by atoms with van der Waals surface area (Å²) in [7, 11) is -3.08. The molecule has 1 amide bonds. The van der Waals surface area contributed by atoms with Gasteiger partial charge in [0.25, 0.3) is 5.91 Å². The number of rotatable bonds is 2. The molecular weight excluding hydrogens is 290 g/mol. The number of Topliss-reactive ketones (excluding diaryl/α,β-unsaturated/α-hetero) is 1. The Balaban J connectivity index is 1.90. The summed E-state index contributed by atoms with van der Waals surface area (Å²) < 4.78 is 23.0. The lowest BCUT2D eigenvalue weighted by molar-refractivity contribution is 0.0933. The highest BCUT2D eigenvalue weighted by Gasteiger charge is 2.33. The van der Waals surface area contributed by atoms with Crippen LogP contribution in [0, 0.1) is 5.92 Å². The van der Waals surface area contributed by atoms with E-state index in [-0.39, 0.29) is 23.2 Å². The van der Waals surface area contributed by atoms with Crippen molar-refractivity contribution < 1.29 is 18.0 Å². The Morgan fingerprint density at radius 2 is 2.10 bits per heavy atom. The minimum Gasteiger partial charge on any atom is -0.352 e. The van der Waals surface area contributed by atoms with E-state index in [0.29, 0.717) is 24.1 Å². The van der Waals surface area contributed by atoms with Crippen molar-refractivity contribution in [3.8, 4) is 0 Å². The Morgan fingerprint density at radius 1 is 1.29 bits per heavy atom. The van der Waals surface area contributed by atoms with E-state index in [4.69, 9.17) is 0 Å². The van der Waals surface area contributed by atoms with Crippen LogP contribution in [0.5, 0.6) is 0 Å². The van der Waals surface area contributed by atoms with Crippen molar-refractivity contribution in [3.05, 3.63) is 34.9 Å². The van der Waals surface area contributed by atoms with Gasteiger partial charge in [-0.15, -0.1) is 0 Å². The van der Waals surface area contributed by atoms with Crippen molar-refractivity contribution in [3.63, 3.8) is 0 Å². The third-order valence-electron chi connectivity index (χ3n) is 4.15. The number of fused-ring (bicyclic) bond motifs is 1. The SMILES string of the molecule is O=C1NCCCc2ccc(C(=O)C3CCS(=O)(=O)C3)cc21. The Morgan fingerprint density at radius 3 is 2.81 bits per heavy atom. The van der Waals surface area contributed by atoms with Gasteiger partial charge in [-0.2, -0.15) is 0 Å². The number of benzene rings is 1. The highest BCUT2D eigenvalue weighted by molar-refractivity contribution is 7.91. The van der Waals surface area contributed by atoms with Gasteiger partial charge >= 0.3 is 0 Å². The fourth-order valence-corrected chi connectivity index (χ4v) is 4.71. The summed E-state index contributed by atoms with van der Waals surface area (Å²) >= 11 is 0. The van der Waals surface area contributed by atoms with E-state index in [1.54, 1.807) is 12.1 Å². The van der Waals surface area contributed by atoms with Crippen LogP contribution in [0.1, 0.15) is 39.1 Å². The van der Waals surface area contributed by atoms with Crippen LogP contribution in [0.25, 0.3) is 0 Å². The van der Waals surface area contributed by atoms with Gasteiger partial charge in [0.05, 0.1) is 11.5 Å². The molecule has 1 fully saturated rings. The molecule has 6 heteroatoms. The largest absolute Gasteiger partial charge is 0.352 e. The van der Waals surface area contributed by atoms with Gasteiger partial charge in [-0.25, -0.2) is 8.42 Å². The predicted octanol–water partition coefficient (Wildman–Crippen LogP) is 0.980. The molecule has 1 unspecified atom stereocenters. The summed E-state index contributed by atoms with van der Waals surface area (Å²) in [5.74, 6) is -0.793. The maximum absolute atomic E-state index is 12.4. The molecule has 1 N–H and O–H groups in total. The third kappa shape index (κ3) is 2.85. The molecule has 2 aliphatic rings. The second-order valence-electron chi connectivity index (χ2n) is 5.70. The minimum absolute atomic E-state index is 0.0743. The zero-order chi connectivity index (χ0) is 15.0. The highest BCUT2D eigenvalue weighted by atomic mass is 32.2. The molecule has 1 aromatic rings. The molecule has 0 bridgehead atoms. The quantitative estimate of drug-likeness (QED) is 0.826. The van der Waals surface area contributed by atoms with Crippen LogP contribution in [0.3, 0.4) is 0 Å². The number of ketones is 1. The summed E-state index contributed by atoms with van der Waals surface area (Å²) in [5, 5.41) is 2.80. The summed E-state index contributed by atoms with van der Waals surface area (Å²) in [6.07, 6.45) is 2.07. The van der Waals surface area contributed by atoms with E-state index in [0.717, 1.165) is 18.4 Å². The zero-order valence-electron chi connectivity index (χ0n) is 11.6. The van der Waals surface area contributed by atoms with Gasteiger partial charge in [-0.05, 0) is 30.9 Å². The van der Waals surface area contributed by atoms with E-state index in [2.05, 4.69) is 5.32 Å². The topological polar surface area (TPSA) is 80.3 Å². The molecule has 2 heterocycles. The number of aryl methyl sites for hydroxylation is 1. The number of amides is 1. The summed E-state index contributed by atoms with van der Waals surface area (Å²) in [4.78, 5) is 24.4. The van der Waals surface area contributed by atoms with Crippen molar-refractivity contribution in [1.29, 1.82) is 0 Å². The van der Waals surface area contributed by atoms with Crippen molar-refractivity contribution in [2.75, 3.05) is 18.1 Å². The fraction of sp³-hybridized carbons (Fsp3) is 0.467.